The van der Waals surface area contributed by atoms with Crippen LogP contribution in [0.3, 0.4) is 0 Å². The van der Waals surface area contributed by atoms with Gasteiger partial charge in [0.1, 0.15) is 17.3 Å². The predicted octanol–water partition coefficient (Wildman–Crippen LogP) is 4.54. The van der Waals surface area contributed by atoms with Crippen molar-refractivity contribution in [2.75, 3.05) is 24.3 Å². The standard InChI is InChI=1S/C24H22N6O3/c1-33-17-3-5-20-18(12-17)14(13-27-20)6-8-25-24-26-9-7-22(30-24)28-16-2-4-19-15(10-16)11-21(29-19)23(31)32/h2-5,7,9-13,27,29H,6,8H2,1H3,(H,31,32)(H2,25,26,28,30). The topological polar surface area (TPSA) is 128 Å². The predicted molar refractivity (Wildman–Crippen MR) is 128 cm³/mol. The molecule has 9 nitrogen and oxygen atoms in total. The minimum absolute atomic E-state index is 0.157. The minimum atomic E-state index is -0.987. The van der Waals surface area contributed by atoms with Crippen molar-refractivity contribution in [3.05, 3.63) is 72.2 Å². The van der Waals surface area contributed by atoms with Gasteiger partial charge in [-0.15, -0.1) is 0 Å². The summed E-state index contributed by atoms with van der Waals surface area (Å²) in [5.41, 5.74) is 3.98. The van der Waals surface area contributed by atoms with Gasteiger partial charge < -0.3 is 30.4 Å². The van der Waals surface area contributed by atoms with Gasteiger partial charge in [0.2, 0.25) is 5.95 Å². The second-order valence-electron chi connectivity index (χ2n) is 7.58. The first kappa shape index (κ1) is 20.4. The van der Waals surface area contributed by atoms with Crippen molar-refractivity contribution in [3.63, 3.8) is 0 Å². The highest BCUT2D eigenvalue weighted by atomic mass is 16.5. The van der Waals surface area contributed by atoms with E-state index in [4.69, 9.17) is 9.84 Å². The highest BCUT2D eigenvalue weighted by molar-refractivity contribution is 5.95. The van der Waals surface area contributed by atoms with E-state index in [2.05, 4.69) is 30.6 Å². The molecular weight excluding hydrogens is 420 g/mol. The monoisotopic (exact) mass is 442 g/mol. The molecule has 9 heteroatoms. The summed E-state index contributed by atoms with van der Waals surface area (Å²) in [6.45, 7) is 0.668. The van der Waals surface area contributed by atoms with Crippen LogP contribution in [0.4, 0.5) is 17.5 Å². The Hall–Kier alpha value is -4.53. The number of H-pyrrole nitrogens is 2. The Kier molecular flexibility index (Phi) is 5.27. The number of hydrogen-bond donors (Lipinski definition) is 5. The van der Waals surface area contributed by atoms with Gasteiger partial charge in [-0.3, -0.25) is 0 Å². The maximum absolute atomic E-state index is 11.2. The third-order valence-corrected chi connectivity index (χ3v) is 5.43. The Balaban J connectivity index is 1.25. The Bertz CT molecular complexity index is 1460. The summed E-state index contributed by atoms with van der Waals surface area (Å²) in [4.78, 5) is 26.2. The number of carboxylic acids is 1. The van der Waals surface area contributed by atoms with E-state index in [1.807, 2.05) is 42.6 Å². The molecule has 5 N–H and O–H groups in total. The largest absolute Gasteiger partial charge is 0.497 e. The van der Waals surface area contributed by atoms with Gasteiger partial charge in [0.05, 0.1) is 7.11 Å². The van der Waals surface area contributed by atoms with Gasteiger partial charge in [-0.25, -0.2) is 9.78 Å². The molecule has 0 spiro atoms. The zero-order chi connectivity index (χ0) is 22.8. The van der Waals surface area contributed by atoms with Crippen LogP contribution < -0.4 is 15.4 Å². The van der Waals surface area contributed by atoms with Gasteiger partial charge in [-0.1, -0.05) is 0 Å². The number of anilines is 3. The van der Waals surface area contributed by atoms with E-state index in [1.54, 1.807) is 25.4 Å². The highest BCUT2D eigenvalue weighted by Crippen LogP contribution is 2.25. The van der Waals surface area contributed by atoms with Crippen LogP contribution in [0, 0.1) is 0 Å². The number of methoxy groups -OCH3 is 1. The molecular formula is C24H22N6O3. The molecule has 3 aromatic heterocycles. The van der Waals surface area contributed by atoms with E-state index >= 15 is 0 Å². The summed E-state index contributed by atoms with van der Waals surface area (Å²) in [5.74, 6) is 1.00. The van der Waals surface area contributed by atoms with Gasteiger partial charge in [0.15, 0.2) is 0 Å². The number of aromatic nitrogens is 4. The summed E-state index contributed by atoms with van der Waals surface area (Å²) in [7, 11) is 1.66. The number of aromatic carboxylic acids is 1. The second kappa shape index (κ2) is 8.54. The number of aromatic amines is 2. The quantitative estimate of drug-likeness (QED) is 0.239. The molecule has 0 saturated heterocycles. The molecule has 0 atom stereocenters. The lowest BCUT2D eigenvalue weighted by molar-refractivity contribution is 0.0691. The summed E-state index contributed by atoms with van der Waals surface area (Å²) < 4.78 is 5.33. The van der Waals surface area contributed by atoms with Crippen molar-refractivity contribution in [2.24, 2.45) is 0 Å². The van der Waals surface area contributed by atoms with Gasteiger partial charge in [0, 0.05) is 46.4 Å². The Morgan fingerprint density at radius 3 is 2.85 bits per heavy atom. The van der Waals surface area contributed by atoms with Crippen molar-refractivity contribution in [1.82, 2.24) is 19.9 Å². The normalized spacial score (nSPS) is 11.1. The lowest BCUT2D eigenvalue weighted by atomic mass is 10.1. The molecule has 166 valence electrons. The molecule has 3 heterocycles. The molecule has 0 unspecified atom stereocenters. The molecule has 0 fully saturated rings. The molecule has 0 aliphatic rings. The zero-order valence-corrected chi connectivity index (χ0v) is 17.8. The lowest BCUT2D eigenvalue weighted by Crippen LogP contribution is -2.08. The fourth-order valence-electron chi connectivity index (χ4n) is 3.79. The van der Waals surface area contributed by atoms with E-state index in [9.17, 15) is 4.79 Å². The number of carboxylic acid groups (broad SMARTS) is 1. The van der Waals surface area contributed by atoms with Crippen LogP contribution in [0.15, 0.2) is 60.9 Å². The first-order valence-electron chi connectivity index (χ1n) is 10.4. The fourth-order valence-corrected chi connectivity index (χ4v) is 3.79. The molecule has 0 radical (unpaired) electrons. The third-order valence-electron chi connectivity index (χ3n) is 5.43. The van der Waals surface area contributed by atoms with E-state index in [-0.39, 0.29) is 5.69 Å². The van der Waals surface area contributed by atoms with Crippen LogP contribution in [-0.2, 0) is 6.42 Å². The molecule has 0 aliphatic carbocycles. The van der Waals surface area contributed by atoms with Crippen molar-refractivity contribution in [1.29, 1.82) is 0 Å². The van der Waals surface area contributed by atoms with Crippen LogP contribution in [0.5, 0.6) is 5.75 Å². The smallest absolute Gasteiger partial charge is 0.352 e. The molecule has 2 aromatic carbocycles. The average molecular weight is 442 g/mol. The molecule has 33 heavy (non-hydrogen) atoms. The Labute approximate surface area is 188 Å². The number of carbonyl (C=O) groups is 1. The summed E-state index contributed by atoms with van der Waals surface area (Å²) in [6.07, 6.45) is 4.49. The minimum Gasteiger partial charge on any atom is -0.497 e. The SMILES string of the molecule is COc1ccc2[nH]cc(CCNc3nccc(Nc4ccc5[nH]c(C(=O)O)cc5c4)n3)c2c1. The maximum Gasteiger partial charge on any atom is 0.352 e. The van der Waals surface area contributed by atoms with E-state index in [0.717, 1.165) is 39.7 Å². The summed E-state index contributed by atoms with van der Waals surface area (Å²) in [6, 6.07) is 14.9. The Morgan fingerprint density at radius 1 is 1.12 bits per heavy atom. The van der Waals surface area contributed by atoms with Crippen molar-refractivity contribution < 1.29 is 14.6 Å². The van der Waals surface area contributed by atoms with E-state index in [1.165, 1.54) is 5.56 Å². The van der Waals surface area contributed by atoms with Crippen LogP contribution in [-0.4, -0.2) is 44.7 Å². The maximum atomic E-state index is 11.2. The number of benzene rings is 2. The molecule has 0 saturated carbocycles. The first-order chi connectivity index (χ1) is 16.1. The van der Waals surface area contributed by atoms with Crippen LogP contribution in [0.2, 0.25) is 0 Å². The van der Waals surface area contributed by atoms with Gasteiger partial charge in [-0.2, -0.15) is 4.98 Å². The van der Waals surface area contributed by atoms with Gasteiger partial charge in [0.25, 0.3) is 0 Å². The van der Waals surface area contributed by atoms with Crippen LogP contribution in [0.25, 0.3) is 21.8 Å². The summed E-state index contributed by atoms with van der Waals surface area (Å²) in [5, 5.41) is 17.6. The zero-order valence-electron chi connectivity index (χ0n) is 17.8. The van der Waals surface area contributed by atoms with Crippen molar-refractivity contribution in [2.45, 2.75) is 6.42 Å². The number of hydrogen-bond acceptors (Lipinski definition) is 6. The lowest BCUT2D eigenvalue weighted by Gasteiger charge is -2.09. The highest BCUT2D eigenvalue weighted by Gasteiger charge is 2.09. The molecule has 5 rings (SSSR count). The Morgan fingerprint density at radius 2 is 2.00 bits per heavy atom. The average Bonchev–Trinajstić information content (AvgIpc) is 3.43. The molecule has 5 aromatic rings. The molecule has 0 aliphatic heterocycles. The number of nitrogens with one attached hydrogen (secondary N) is 4. The number of nitrogens with zero attached hydrogens (tertiary/aromatic N) is 2. The number of rotatable bonds is 8. The number of ether oxygens (including phenoxy) is 1. The van der Waals surface area contributed by atoms with E-state index in [0.29, 0.717) is 18.3 Å². The summed E-state index contributed by atoms with van der Waals surface area (Å²) >= 11 is 0. The van der Waals surface area contributed by atoms with Crippen LogP contribution in [0.1, 0.15) is 16.1 Å². The van der Waals surface area contributed by atoms with Crippen molar-refractivity contribution >= 4 is 45.2 Å². The first-order valence-corrected chi connectivity index (χ1v) is 10.4. The van der Waals surface area contributed by atoms with Gasteiger partial charge in [-0.05, 0) is 60.5 Å². The van der Waals surface area contributed by atoms with E-state index < -0.39 is 5.97 Å². The second-order valence-corrected chi connectivity index (χ2v) is 7.58. The van der Waals surface area contributed by atoms with Crippen molar-refractivity contribution in [3.8, 4) is 5.75 Å². The fraction of sp³-hybridized carbons (Fsp3) is 0.125. The van der Waals surface area contributed by atoms with Gasteiger partial charge >= 0.3 is 5.97 Å². The molecule has 0 bridgehead atoms. The van der Waals surface area contributed by atoms with Crippen LogP contribution >= 0.6 is 0 Å². The molecule has 0 amide bonds. The third kappa shape index (κ3) is 4.29. The number of fused-ring (bicyclic) bond motifs is 2.